The molecule has 0 saturated carbocycles. The highest BCUT2D eigenvalue weighted by atomic mass is 15.0. The minimum Gasteiger partial charge on any atom is -0.311 e. The van der Waals surface area contributed by atoms with Crippen molar-refractivity contribution in [3.05, 3.63) is 6.42 Å². The molecule has 2 fully saturated rings. The maximum atomic E-state index is 3.60. The lowest BCUT2D eigenvalue weighted by atomic mass is 10.0. The molecule has 2 aliphatic rings. The highest BCUT2D eigenvalue weighted by molar-refractivity contribution is 4.95. The molecule has 0 aromatic carbocycles. The van der Waals surface area contributed by atoms with Crippen LogP contribution in [0.15, 0.2) is 0 Å². The van der Waals surface area contributed by atoms with Crippen molar-refractivity contribution in [3.8, 4) is 0 Å². The molecule has 0 aromatic rings. The van der Waals surface area contributed by atoms with E-state index >= 15 is 0 Å². The molecule has 2 saturated heterocycles. The Labute approximate surface area is 56.8 Å². The van der Waals surface area contributed by atoms with E-state index in [4.69, 9.17) is 0 Å². The van der Waals surface area contributed by atoms with Crippen molar-refractivity contribution in [1.29, 1.82) is 0 Å². The Balaban J connectivity index is 1.99. The van der Waals surface area contributed by atoms with Crippen LogP contribution in [0.25, 0.3) is 0 Å². The van der Waals surface area contributed by atoms with Crippen LogP contribution in [0.5, 0.6) is 0 Å². The van der Waals surface area contributed by atoms with Crippen LogP contribution in [0.3, 0.4) is 0 Å². The fourth-order valence-corrected chi connectivity index (χ4v) is 1.95. The van der Waals surface area contributed by atoms with Crippen molar-refractivity contribution < 1.29 is 0 Å². The number of fused-ring (bicyclic) bond motifs is 2. The fraction of sp³-hybridized carbons (Fsp3) is 0.875. The van der Waals surface area contributed by atoms with Crippen molar-refractivity contribution in [1.82, 2.24) is 5.32 Å². The molecule has 51 valence electrons. The van der Waals surface area contributed by atoms with Crippen molar-refractivity contribution in [2.45, 2.75) is 44.2 Å². The van der Waals surface area contributed by atoms with Crippen LogP contribution in [-0.2, 0) is 0 Å². The van der Waals surface area contributed by atoms with Gasteiger partial charge >= 0.3 is 0 Å². The van der Waals surface area contributed by atoms with Crippen LogP contribution >= 0.6 is 0 Å². The molecular formula is C8H14N. The summed E-state index contributed by atoms with van der Waals surface area (Å²) in [6, 6.07) is 1.64. The van der Waals surface area contributed by atoms with E-state index < -0.39 is 0 Å². The molecule has 2 heterocycles. The van der Waals surface area contributed by atoms with Gasteiger partial charge in [-0.15, -0.1) is 0 Å². The van der Waals surface area contributed by atoms with Gasteiger partial charge in [-0.05, 0) is 32.1 Å². The van der Waals surface area contributed by atoms with Gasteiger partial charge in [0.15, 0.2) is 0 Å². The first kappa shape index (κ1) is 5.72. The predicted octanol–water partition coefficient (Wildman–Crippen LogP) is 1.50. The van der Waals surface area contributed by atoms with Crippen molar-refractivity contribution >= 4 is 0 Å². The molecule has 1 nitrogen and oxygen atoms in total. The second kappa shape index (κ2) is 2.30. The Bertz CT molecular complexity index is 88.7. The maximum absolute atomic E-state index is 3.60. The number of rotatable bonds is 0. The smallest absolute Gasteiger partial charge is 0.0102 e. The molecule has 2 unspecified atom stereocenters. The predicted molar refractivity (Wildman–Crippen MR) is 38.1 cm³/mol. The van der Waals surface area contributed by atoms with Gasteiger partial charge in [0, 0.05) is 12.1 Å². The highest BCUT2D eigenvalue weighted by Crippen LogP contribution is 2.24. The van der Waals surface area contributed by atoms with Gasteiger partial charge in [-0.2, -0.15) is 0 Å². The molecule has 0 spiro atoms. The zero-order valence-electron chi connectivity index (χ0n) is 5.77. The van der Waals surface area contributed by atoms with Gasteiger partial charge in [-0.25, -0.2) is 0 Å². The maximum Gasteiger partial charge on any atom is 0.0102 e. The third kappa shape index (κ3) is 1.11. The van der Waals surface area contributed by atoms with Gasteiger partial charge in [0.1, 0.15) is 0 Å². The first-order chi connectivity index (χ1) is 4.45. The summed E-state index contributed by atoms with van der Waals surface area (Å²) in [5, 5.41) is 3.60. The molecule has 0 aromatic heterocycles. The van der Waals surface area contributed by atoms with Crippen molar-refractivity contribution in [3.63, 3.8) is 0 Å². The number of hydrogen-bond donors (Lipinski definition) is 1. The van der Waals surface area contributed by atoms with E-state index in [-0.39, 0.29) is 0 Å². The summed E-state index contributed by atoms with van der Waals surface area (Å²) in [6.07, 6.45) is 9.42. The lowest BCUT2D eigenvalue weighted by Gasteiger charge is -2.06. The molecule has 0 amide bonds. The SMILES string of the molecule is [CH]1CCCC2CCC1N2. The Morgan fingerprint density at radius 1 is 1.22 bits per heavy atom. The van der Waals surface area contributed by atoms with Crippen LogP contribution in [0.4, 0.5) is 0 Å². The monoisotopic (exact) mass is 124 g/mol. The van der Waals surface area contributed by atoms with Crippen LogP contribution in [0.1, 0.15) is 32.1 Å². The van der Waals surface area contributed by atoms with Crippen LogP contribution in [-0.4, -0.2) is 12.1 Å². The molecule has 1 radical (unpaired) electrons. The Morgan fingerprint density at radius 2 is 2.22 bits per heavy atom. The van der Waals surface area contributed by atoms with Crippen LogP contribution in [0.2, 0.25) is 0 Å². The molecule has 1 N–H and O–H groups in total. The minimum absolute atomic E-state index is 0.775. The lowest BCUT2D eigenvalue weighted by Crippen LogP contribution is -2.26. The summed E-state index contributed by atoms with van der Waals surface area (Å²) in [7, 11) is 0. The molecule has 0 aliphatic carbocycles. The summed E-state index contributed by atoms with van der Waals surface area (Å²) < 4.78 is 0. The van der Waals surface area contributed by atoms with E-state index in [9.17, 15) is 0 Å². The zero-order valence-corrected chi connectivity index (χ0v) is 5.77. The topological polar surface area (TPSA) is 12.0 Å². The summed E-state index contributed by atoms with van der Waals surface area (Å²) in [5.41, 5.74) is 0. The van der Waals surface area contributed by atoms with Gasteiger partial charge in [-0.3, -0.25) is 0 Å². The molecule has 9 heavy (non-hydrogen) atoms. The van der Waals surface area contributed by atoms with Gasteiger partial charge in [0.25, 0.3) is 0 Å². The molecule has 1 heteroatoms. The third-order valence-corrected chi connectivity index (χ3v) is 2.48. The van der Waals surface area contributed by atoms with Gasteiger partial charge < -0.3 is 5.32 Å². The molecule has 2 rings (SSSR count). The minimum atomic E-state index is 0.775. The van der Waals surface area contributed by atoms with Gasteiger partial charge in [0.2, 0.25) is 0 Å². The first-order valence-electron chi connectivity index (χ1n) is 4.04. The lowest BCUT2D eigenvalue weighted by molar-refractivity contribution is 0.550. The van der Waals surface area contributed by atoms with Crippen LogP contribution < -0.4 is 5.32 Å². The fourth-order valence-electron chi connectivity index (χ4n) is 1.95. The summed E-state index contributed by atoms with van der Waals surface area (Å²) in [4.78, 5) is 0. The average molecular weight is 124 g/mol. The molecule has 2 atom stereocenters. The largest absolute Gasteiger partial charge is 0.311 e. The standard InChI is InChI=1S/C8H14N/c1-2-4-8-6-5-7(3-1)9-8/h3,7-9H,1-2,4-6H2. The van der Waals surface area contributed by atoms with E-state index in [1.807, 2.05) is 0 Å². The van der Waals surface area contributed by atoms with Gasteiger partial charge in [-0.1, -0.05) is 6.42 Å². The highest BCUT2D eigenvalue weighted by Gasteiger charge is 2.25. The van der Waals surface area contributed by atoms with E-state index in [2.05, 4.69) is 11.7 Å². The molecule has 2 aliphatic heterocycles. The van der Waals surface area contributed by atoms with Crippen LogP contribution in [0, 0.1) is 6.42 Å². The van der Waals surface area contributed by atoms with E-state index in [0.717, 1.165) is 12.1 Å². The summed E-state index contributed by atoms with van der Waals surface area (Å²) in [6.45, 7) is 0. The normalized spacial score (nSPS) is 42.7. The Morgan fingerprint density at radius 3 is 3.22 bits per heavy atom. The second-order valence-electron chi connectivity index (χ2n) is 3.21. The quantitative estimate of drug-likeness (QED) is 0.516. The van der Waals surface area contributed by atoms with E-state index in [1.54, 1.807) is 0 Å². The first-order valence-corrected chi connectivity index (χ1v) is 4.04. The molecular weight excluding hydrogens is 110 g/mol. The van der Waals surface area contributed by atoms with Crippen molar-refractivity contribution in [2.75, 3.05) is 0 Å². The van der Waals surface area contributed by atoms with Gasteiger partial charge in [0.05, 0.1) is 0 Å². The molecule has 2 bridgehead atoms. The van der Waals surface area contributed by atoms with E-state index in [0.29, 0.717) is 0 Å². The van der Waals surface area contributed by atoms with Crippen molar-refractivity contribution in [2.24, 2.45) is 0 Å². The average Bonchev–Trinajstić information content (AvgIpc) is 2.09. The zero-order chi connectivity index (χ0) is 6.10. The summed E-state index contributed by atoms with van der Waals surface area (Å²) >= 11 is 0. The Hall–Kier alpha value is -0.0400. The number of nitrogens with one attached hydrogen (secondary N) is 1. The number of hydrogen-bond acceptors (Lipinski definition) is 1. The van der Waals surface area contributed by atoms with E-state index in [1.165, 1.54) is 32.1 Å². The Kier molecular flexibility index (Phi) is 1.46. The third-order valence-electron chi connectivity index (χ3n) is 2.48. The second-order valence-corrected chi connectivity index (χ2v) is 3.21. The summed E-state index contributed by atoms with van der Waals surface area (Å²) in [5.74, 6) is 0.